The maximum atomic E-state index is 12.2. The standard InChI is InChI=1S/C16H15N3O2/c20-15(18-14-6-3-8-17-10-14)16(21)19-9-7-12-4-1-2-5-13(12)11-19/h1-6,8,10H,7,9,11H2,(H,18,20). The van der Waals surface area contributed by atoms with Crippen molar-refractivity contribution in [3.8, 4) is 0 Å². The average Bonchev–Trinajstić information content (AvgIpc) is 2.54. The fourth-order valence-electron chi connectivity index (χ4n) is 2.43. The molecule has 2 heterocycles. The molecule has 0 radical (unpaired) electrons. The first kappa shape index (κ1) is 13.3. The third-order valence-corrected chi connectivity index (χ3v) is 3.53. The van der Waals surface area contributed by atoms with Crippen LogP contribution in [0.5, 0.6) is 0 Å². The van der Waals surface area contributed by atoms with Gasteiger partial charge >= 0.3 is 11.8 Å². The maximum Gasteiger partial charge on any atom is 0.313 e. The Labute approximate surface area is 122 Å². The quantitative estimate of drug-likeness (QED) is 0.808. The Kier molecular flexibility index (Phi) is 3.64. The third kappa shape index (κ3) is 2.91. The molecule has 3 rings (SSSR count). The Balaban J connectivity index is 1.68. The SMILES string of the molecule is O=C(Nc1cccnc1)C(=O)N1CCc2ccccc2C1. The first-order valence-electron chi connectivity index (χ1n) is 6.81. The fraction of sp³-hybridized carbons (Fsp3) is 0.188. The molecule has 0 saturated carbocycles. The molecule has 21 heavy (non-hydrogen) atoms. The summed E-state index contributed by atoms with van der Waals surface area (Å²) in [6, 6.07) is 11.4. The van der Waals surface area contributed by atoms with Crippen molar-refractivity contribution in [1.29, 1.82) is 0 Å². The van der Waals surface area contributed by atoms with Crippen molar-refractivity contribution in [2.75, 3.05) is 11.9 Å². The number of amides is 2. The molecule has 5 nitrogen and oxygen atoms in total. The summed E-state index contributed by atoms with van der Waals surface area (Å²) in [5.74, 6) is -1.13. The van der Waals surface area contributed by atoms with Gasteiger partial charge in [0.15, 0.2) is 0 Å². The first-order valence-corrected chi connectivity index (χ1v) is 6.81. The van der Waals surface area contributed by atoms with E-state index < -0.39 is 11.8 Å². The predicted octanol–water partition coefficient (Wildman–Crippen LogP) is 1.60. The molecular weight excluding hydrogens is 266 g/mol. The monoisotopic (exact) mass is 281 g/mol. The predicted molar refractivity (Wildman–Crippen MR) is 78.4 cm³/mol. The third-order valence-electron chi connectivity index (χ3n) is 3.53. The molecule has 106 valence electrons. The molecule has 1 aromatic heterocycles. The zero-order valence-electron chi connectivity index (χ0n) is 11.5. The largest absolute Gasteiger partial charge is 0.330 e. The van der Waals surface area contributed by atoms with Crippen molar-refractivity contribution < 1.29 is 9.59 Å². The van der Waals surface area contributed by atoms with Crippen LogP contribution in [0.3, 0.4) is 0 Å². The summed E-state index contributed by atoms with van der Waals surface area (Å²) in [4.78, 5) is 29.7. The van der Waals surface area contributed by atoms with E-state index in [1.54, 1.807) is 23.2 Å². The summed E-state index contributed by atoms with van der Waals surface area (Å²) in [6.07, 6.45) is 3.90. The Morgan fingerprint density at radius 3 is 2.67 bits per heavy atom. The Morgan fingerprint density at radius 2 is 1.90 bits per heavy atom. The highest BCUT2D eigenvalue weighted by atomic mass is 16.2. The van der Waals surface area contributed by atoms with E-state index >= 15 is 0 Å². The number of rotatable bonds is 1. The van der Waals surface area contributed by atoms with E-state index in [-0.39, 0.29) is 0 Å². The van der Waals surface area contributed by atoms with Crippen LogP contribution in [-0.2, 0) is 22.6 Å². The van der Waals surface area contributed by atoms with E-state index in [1.807, 2.05) is 18.2 Å². The van der Waals surface area contributed by atoms with Gasteiger partial charge in [-0.1, -0.05) is 24.3 Å². The second kappa shape index (κ2) is 5.75. The first-order chi connectivity index (χ1) is 10.2. The minimum atomic E-state index is -0.623. The zero-order valence-corrected chi connectivity index (χ0v) is 11.5. The van der Waals surface area contributed by atoms with Crippen LogP contribution >= 0.6 is 0 Å². The number of hydrogen-bond donors (Lipinski definition) is 1. The van der Waals surface area contributed by atoms with Crippen LogP contribution < -0.4 is 5.32 Å². The molecule has 1 aliphatic heterocycles. The van der Waals surface area contributed by atoms with Gasteiger partial charge in [-0.05, 0) is 29.7 Å². The molecule has 1 N–H and O–H groups in total. The summed E-state index contributed by atoms with van der Waals surface area (Å²) in [6.45, 7) is 1.05. The van der Waals surface area contributed by atoms with Crippen molar-refractivity contribution >= 4 is 17.5 Å². The lowest BCUT2D eigenvalue weighted by Crippen LogP contribution is -2.42. The zero-order chi connectivity index (χ0) is 14.7. The lowest BCUT2D eigenvalue weighted by Gasteiger charge is -2.28. The average molecular weight is 281 g/mol. The second-order valence-corrected chi connectivity index (χ2v) is 4.94. The van der Waals surface area contributed by atoms with E-state index in [0.29, 0.717) is 18.8 Å². The van der Waals surface area contributed by atoms with Crippen LogP contribution in [0.25, 0.3) is 0 Å². The minimum Gasteiger partial charge on any atom is -0.330 e. The molecule has 0 saturated heterocycles. The van der Waals surface area contributed by atoms with Gasteiger partial charge in [-0.2, -0.15) is 0 Å². The van der Waals surface area contributed by atoms with Gasteiger partial charge in [0, 0.05) is 19.3 Å². The Morgan fingerprint density at radius 1 is 1.10 bits per heavy atom. The molecule has 0 fully saturated rings. The van der Waals surface area contributed by atoms with Gasteiger partial charge in [0.1, 0.15) is 0 Å². The number of hydrogen-bond acceptors (Lipinski definition) is 3. The maximum absolute atomic E-state index is 12.2. The molecule has 0 aliphatic carbocycles. The van der Waals surface area contributed by atoms with Crippen LogP contribution in [0.15, 0.2) is 48.8 Å². The lowest BCUT2D eigenvalue weighted by atomic mass is 10.00. The van der Waals surface area contributed by atoms with Crippen LogP contribution in [0.2, 0.25) is 0 Å². The molecular formula is C16H15N3O2. The van der Waals surface area contributed by atoms with E-state index in [2.05, 4.69) is 16.4 Å². The van der Waals surface area contributed by atoms with Crippen molar-refractivity contribution in [1.82, 2.24) is 9.88 Å². The van der Waals surface area contributed by atoms with Crippen molar-refractivity contribution in [2.24, 2.45) is 0 Å². The molecule has 0 unspecified atom stereocenters. The van der Waals surface area contributed by atoms with E-state index in [1.165, 1.54) is 11.8 Å². The number of fused-ring (bicyclic) bond motifs is 1. The van der Waals surface area contributed by atoms with Crippen LogP contribution in [0, 0.1) is 0 Å². The lowest BCUT2D eigenvalue weighted by molar-refractivity contribution is -0.143. The highest BCUT2D eigenvalue weighted by Crippen LogP contribution is 2.18. The summed E-state index contributed by atoms with van der Waals surface area (Å²) < 4.78 is 0. The molecule has 0 atom stereocenters. The molecule has 2 aromatic rings. The molecule has 5 heteroatoms. The van der Waals surface area contributed by atoms with Gasteiger partial charge in [-0.3, -0.25) is 14.6 Å². The number of carbonyl (C=O) groups excluding carboxylic acids is 2. The summed E-state index contributed by atoms with van der Waals surface area (Å²) >= 11 is 0. The minimum absolute atomic E-state index is 0.482. The number of anilines is 1. The van der Waals surface area contributed by atoms with Gasteiger partial charge in [0.2, 0.25) is 0 Å². The highest BCUT2D eigenvalue weighted by molar-refractivity contribution is 6.39. The van der Waals surface area contributed by atoms with E-state index in [9.17, 15) is 9.59 Å². The summed E-state index contributed by atoms with van der Waals surface area (Å²) in [5.41, 5.74) is 2.87. The number of benzene rings is 1. The van der Waals surface area contributed by atoms with Gasteiger partial charge in [0.05, 0.1) is 11.9 Å². The second-order valence-electron chi connectivity index (χ2n) is 4.94. The van der Waals surface area contributed by atoms with Crippen molar-refractivity contribution in [3.05, 3.63) is 59.9 Å². The smallest absolute Gasteiger partial charge is 0.313 e. The molecule has 0 spiro atoms. The van der Waals surface area contributed by atoms with E-state index in [4.69, 9.17) is 0 Å². The molecule has 1 aliphatic rings. The van der Waals surface area contributed by atoms with Crippen molar-refractivity contribution in [3.63, 3.8) is 0 Å². The number of nitrogens with zero attached hydrogens (tertiary/aromatic N) is 2. The van der Waals surface area contributed by atoms with Gasteiger partial charge < -0.3 is 10.2 Å². The van der Waals surface area contributed by atoms with Crippen molar-refractivity contribution in [2.45, 2.75) is 13.0 Å². The highest BCUT2D eigenvalue weighted by Gasteiger charge is 2.25. The molecule has 0 bridgehead atoms. The molecule has 2 amide bonds. The number of aromatic nitrogens is 1. The summed E-state index contributed by atoms with van der Waals surface area (Å²) in [7, 11) is 0. The topological polar surface area (TPSA) is 62.3 Å². The normalized spacial score (nSPS) is 13.4. The molecule has 1 aromatic carbocycles. The Bertz CT molecular complexity index is 670. The number of carbonyl (C=O) groups is 2. The van der Waals surface area contributed by atoms with Gasteiger partial charge in [0.25, 0.3) is 0 Å². The fourth-order valence-corrected chi connectivity index (χ4v) is 2.43. The van der Waals surface area contributed by atoms with Gasteiger partial charge in [-0.15, -0.1) is 0 Å². The summed E-state index contributed by atoms with van der Waals surface area (Å²) in [5, 5.41) is 2.57. The number of nitrogens with one attached hydrogen (secondary N) is 1. The van der Waals surface area contributed by atoms with E-state index in [0.717, 1.165) is 12.0 Å². The van der Waals surface area contributed by atoms with Crippen LogP contribution in [0.1, 0.15) is 11.1 Å². The van der Waals surface area contributed by atoms with Crippen LogP contribution in [-0.4, -0.2) is 28.2 Å². The Hall–Kier alpha value is -2.69. The number of pyridine rings is 1. The van der Waals surface area contributed by atoms with Gasteiger partial charge in [-0.25, -0.2) is 0 Å². The van der Waals surface area contributed by atoms with Crippen LogP contribution in [0.4, 0.5) is 5.69 Å².